The van der Waals surface area contributed by atoms with Gasteiger partial charge in [-0.25, -0.2) is 0 Å². The fraction of sp³-hybridized carbons (Fsp3) is 0.107. The third-order valence-electron chi connectivity index (χ3n) is 5.96. The molecule has 0 saturated carbocycles. The predicted molar refractivity (Wildman–Crippen MR) is 148 cm³/mol. The molecule has 0 unspecified atom stereocenters. The van der Waals surface area contributed by atoms with Crippen molar-refractivity contribution in [1.82, 2.24) is 0 Å². The molecule has 2 nitrogen and oxygen atoms in total. The predicted octanol–water partition coefficient (Wildman–Crippen LogP) is 6.59. The van der Waals surface area contributed by atoms with Crippen molar-refractivity contribution in [3.8, 4) is 0 Å². The van der Waals surface area contributed by atoms with Gasteiger partial charge in [0, 0.05) is 0 Å². The Morgan fingerprint density at radius 1 is 0.697 bits per heavy atom. The van der Waals surface area contributed by atoms with Crippen LogP contribution in [-0.2, 0) is 11.0 Å². The van der Waals surface area contributed by atoms with Gasteiger partial charge in [0.25, 0.3) is 0 Å². The van der Waals surface area contributed by atoms with Crippen molar-refractivity contribution in [2.75, 3.05) is 11.2 Å². The Kier molecular flexibility index (Phi) is 7.34. The van der Waals surface area contributed by atoms with Gasteiger partial charge >= 0.3 is 209 Å². The monoisotopic (exact) mass is 537 g/mol. The summed E-state index contributed by atoms with van der Waals surface area (Å²) in [7, 11) is 0. The molecule has 4 rings (SSSR count). The molecule has 0 fully saturated rings. The summed E-state index contributed by atoms with van der Waals surface area (Å²) in [6.45, 7) is 0. The van der Waals surface area contributed by atoms with Crippen LogP contribution in [0.4, 0.5) is 5.69 Å². The Hall–Kier alpha value is -2.45. The van der Waals surface area contributed by atoms with E-state index >= 15 is 0 Å². The first kappa shape index (κ1) is 23.7. The number of hydrogen-bond acceptors (Lipinski definition) is 1. The van der Waals surface area contributed by atoms with Gasteiger partial charge in [0.05, 0.1) is 0 Å². The van der Waals surface area contributed by atoms with Crippen LogP contribution in [0.1, 0.15) is 12.0 Å². The summed E-state index contributed by atoms with van der Waals surface area (Å²) in [5.74, 6) is 0.218. The molecule has 4 aromatic carbocycles. The van der Waals surface area contributed by atoms with Gasteiger partial charge in [-0.1, -0.05) is 0 Å². The minimum absolute atomic E-state index is 0.0773. The number of alkyl halides is 1. The molecule has 5 heteroatoms. The van der Waals surface area contributed by atoms with E-state index in [1.165, 1.54) is 15.9 Å². The van der Waals surface area contributed by atoms with Crippen LogP contribution >= 0.6 is 32.4 Å². The van der Waals surface area contributed by atoms with Crippen LogP contribution in [0.2, 0.25) is 0 Å². The Morgan fingerprint density at radius 2 is 1.12 bits per heavy atom. The topological polar surface area (TPSA) is 29.1 Å². The van der Waals surface area contributed by atoms with Crippen molar-refractivity contribution < 1.29 is 4.79 Å². The molecule has 0 aromatic heterocycles. The van der Waals surface area contributed by atoms with Crippen molar-refractivity contribution in [2.24, 2.45) is 0 Å². The second-order valence-electron chi connectivity index (χ2n) is 7.99. The van der Waals surface area contributed by atoms with Gasteiger partial charge in [-0.3, -0.25) is 0 Å². The normalized spacial score (nSPS) is 12.5. The van der Waals surface area contributed by atoms with E-state index in [4.69, 9.17) is 11.6 Å². The summed E-state index contributed by atoms with van der Waals surface area (Å²) in [5, 5.41) is 3.65. The third-order valence-corrected chi connectivity index (χ3v) is 15.6. The zero-order chi connectivity index (χ0) is 23.2. The second-order valence-corrected chi connectivity index (χ2v) is 17.3. The SMILES string of the molecule is O=C(CCCl)Nc1ccccc1CP(Br)(c1ccccc1)(c1ccccc1)c1ccccc1. The first-order chi connectivity index (χ1) is 16.1. The van der Waals surface area contributed by atoms with Gasteiger partial charge in [-0.2, -0.15) is 0 Å². The number of rotatable bonds is 8. The Balaban J connectivity index is 1.99. The molecule has 0 saturated heterocycles. The number of amides is 1. The van der Waals surface area contributed by atoms with Crippen molar-refractivity contribution in [1.29, 1.82) is 0 Å². The van der Waals surface area contributed by atoms with Crippen LogP contribution in [0.25, 0.3) is 0 Å². The van der Waals surface area contributed by atoms with Gasteiger partial charge < -0.3 is 0 Å². The van der Waals surface area contributed by atoms with Crippen LogP contribution in [-0.4, -0.2) is 11.8 Å². The number of carbonyl (C=O) groups is 1. The molecule has 0 atom stereocenters. The van der Waals surface area contributed by atoms with E-state index in [0.29, 0.717) is 12.0 Å². The number of nitrogens with one attached hydrogen (secondary N) is 1. The minimum atomic E-state index is -3.15. The Morgan fingerprint density at radius 3 is 1.58 bits per heavy atom. The molecule has 0 spiro atoms. The number of para-hydroxylation sites is 1. The number of benzene rings is 4. The van der Waals surface area contributed by atoms with Crippen molar-refractivity contribution in [3.63, 3.8) is 0 Å². The summed E-state index contributed by atoms with van der Waals surface area (Å²) >= 11 is 10.3. The van der Waals surface area contributed by atoms with E-state index < -0.39 is 5.31 Å². The van der Waals surface area contributed by atoms with Crippen LogP contribution in [0.3, 0.4) is 0 Å². The number of carbonyl (C=O) groups excluding carboxylic acids is 1. The number of anilines is 1. The van der Waals surface area contributed by atoms with E-state index in [-0.39, 0.29) is 12.3 Å². The molecule has 1 amide bonds. The fourth-order valence-corrected chi connectivity index (χ4v) is 12.2. The molecule has 0 heterocycles. The molecule has 0 radical (unpaired) electrons. The Labute approximate surface area is 208 Å². The Bertz CT molecular complexity index is 1120. The van der Waals surface area contributed by atoms with Crippen LogP contribution < -0.4 is 21.2 Å². The van der Waals surface area contributed by atoms with Crippen molar-refractivity contribution in [3.05, 3.63) is 121 Å². The molecule has 0 aliphatic heterocycles. The zero-order valence-corrected chi connectivity index (χ0v) is 21.4. The quantitative estimate of drug-likeness (QED) is 0.199. The van der Waals surface area contributed by atoms with Gasteiger partial charge in [-0.05, 0) is 0 Å². The maximum absolute atomic E-state index is 12.4. The fourth-order valence-electron chi connectivity index (χ4n) is 4.34. The molecular formula is C28H26BrClNOP. The summed E-state index contributed by atoms with van der Waals surface area (Å²) in [5.41, 5.74) is 1.90. The van der Waals surface area contributed by atoms with E-state index in [1.807, 2.05) is 36.4 Å². The summed E-state index contributed by atoms with van der Waals surface area (Å²) in [6.07, 6.45) is 0.991. The second kappa shape index (κ2) is 10.2. The van der Waals surface area contributed by atoms with E-state index in [2.05, 4.69) is 99.7 Å². The number of halogens is 2. The van der Waals surface area contributed by atoms with Crippen LogP contribution in [0, 0.1) is 0 Å². The molecule has 1 N–H and O–H groups in total. The third kappa shape index (κ3) is 4.64. The average molecular weight is 539 g/mol. The van der Waals surface area contributed by atoms with E-state index in [1.54, 1.807) is 0 Å². The standard InChI is InChI=1S/C28H26BrClNOP/c29-33(24-13-4-1-5-14-24,25-15-6-2-7-16-25,26-17-8-3-9-18-26)22-23-12-10-11-19-27(23)31-28(32)20-21-30/h1-19H,20-22H2,(H,31,32). The summed E-state index contributed by atoms with van der Waals surface area (Å²) in [6, 6.07) is 40.0. The van der Waals surface area contributed by atoms with Crippen LogP contribution in [0.15, 0.2) is 115 Å². The van der Waals surface area contributed by atoms with Gasteiger partial charge in [0.1, 0.15) is 0 Å². The first-order valence-corrected chi connectivity index (χ1v) is 15.9. The molecule has 168 valence electrons. The maximum atomic E-state index is 12.4. The molecule has 0 aliphatic rings. The number of hydrogen-bond donors (Lipinski definition) is 1. The van der Waals surface area contributed by atoms with Gasteiger partial charge in [-0.15, -0.1) is 0 Å². The van der Waals surface area contributed by atoms with Crippen LogP contribution in [0.5, 0.6) is 0 Å². The zero-order valence-electron chi connectivity index (χ0n) is 18.2. The van der Waals surface area contributed by atoms with Gasteiger partial charge in [0.15, 0.2) is 0 Å². The molecular weight excluding hydrogens is 513 g/mol. The summed E-state index contributed by atoms with van der Waals surface area (Å²) in [4.78, 5) is 12.4. The molecule has 4 aromatic rings. The first-order valence-electron chi connectivity index (χ1n) is 10.9. The van der Waals surface area contributed by atoms with Crippen molar-refractivity contribution in [2.45, 2.75) is 12.6 Å². The molecule has 0 aliphatic carbocycles. The summed E-state index contributed by atoms with van der Waals surface area (Å²) < 4.78 is 0. The molecule has 33 heavy (non-hydrogen) atoms. The van der Waals surface area contributed by atoms with E-state index in [9.17, 15) is 4.79 Å². The van der Waals surface area contributed by atoms with Crippen molar-refractivity contribution >= 4 is 59.9 Å². The average Bonchev–Trinajstić information content (AvgIpc) is 2.87. The molecule has 0 bridgehead atoms. The van der Waals surface area contributed by atoms with E-state index in [0.717, 1.165) is 11.3 Å². The van der Waals surface area contributed by atoms with Gasteiger partial charge in [0.2, 0.25) is 0 Å².